The Kier molecular flexibility index (Phi) is 5.18. The largest absolute Gasteiger partial charge is 0.492 e. The van der Waals surface area contributed by atoms with Gasteiger partial charge in [0, 0.05) is 38.3 Å². The van der Waals surface area contributed by atoms with Crippen molar-refractivity contribution >= 4 is 11.6 Å². The molecule has 3 rings (SSSR count). The van der Waals surface area contributed by atoms with Crippen molar-refractivity contribution in [2.24, 2.45) is 0 Å². The first kappa shape index (κ1) is 16.3. The first-order valence-electron chi connectivity index (χ1n) is 8.64. The molecule has 0 radical (unpaired) electrons. The number of nitrogens with zero attached hydrogens (tertiary/aromatic N) is 2. The molecule has 0 spiro atoms. The highest BCUT2D eigenvalue weighted by Gasteiger charge is 2.22. The molecule has 126 valence electrons. The first-order chi connectivity index (χ1) is 11.2. The summed E-state index contributed by atoms with van der Waals surface area (Å²) >= 11 is 0. The molecule has 0 aliphatic carbocycles. The van der Waals surface area contributed by atoms with Crippen molar-refractivity contribution in [2.45, 2.75) is 38.7 Å². The topological polar surface area (TPSA) is 53.0 Å². The lowest BCUT2D eigenvalue weighted by Gasteiger charge is -2.20. The minimum Gasteiger partial charge on any atom is -0.492 e. The van der Waals surface area contributed by atoms with Gasteiger partial charge in [0.15, 0.2) is 0 Å². The zero-order valence-corrected chi connectivity index (χ0v) is 13.8. The van der Waals surface area contributed by atoms with Gasteiger partial charge in [-0.2, -0.15) is 0 Å². The number of aliphatic hydroxyl groups excluding tert-OH is 1. The third kappa shape index (κ3) is 3.85. The fraction of sp³-hybridized carbons (Fsp3) is 0.611. The number of hydrogen-bond acceptors (Lipinski definition) is 4. The maximum absolute atomic E-state index is 11.9. The molecule has 2 heterocycles. The summed E-state index contributed by atoms with van der Waals surface area (Å²) in [6.45, 7) is 6.09. The molecule has 2 saturated heterocycles. The van der Waals surface area contributed by atoms with Crippen LogP contribution in [0.5, 0.6) is 5.75 Å². The molecule has 2 fully saturated rings. The van der Waals surface area contributed by atoms with E-state index in [9.17, 15) is 9.90 Å². The zero-order valence-electron chi connectivity index (χ0n) is 13.8. The molecule has 0 aromatic heterocycles. The van der Waals surface area contributed by atoms with Gasteiger partial charge in [-0.05, 0) is 43.0 Å². The Morgan fingerprint density at radius 3 is 2.87 bits per heavy atom. The van der Waals surface area contributed by atoms with Gasteiger partial charge in [0.25, 0.3) is 0 Å². The van der Waals surface area contributed by atoms with Gasteiger partial charge in [0.2, 0.25) is 5.91 Å². The van der Waals surface area contributed by atoms with E-state index in [1.807, 2.05) is 17.0 Å². The number of aliphatic hydroxyl groups is 1. The fourth-order valence-corrected chi connectivity index (χ4v) is 3.37. The van der Waals surface area contributed by atoms with E-state index >= 15 is 0 Å². The van der Waals surface area contributed by atoms with Crippen molar-refractivity contribution in [3.63, 3.8) is 0 Å². The summed E-state index contributed by atoms with van der Waals surface area (Å²) in [5, 5.41) is 9.54. The summed E-state index contributed by atoms with van der Waals surface area (Å²) in [5.41, 5.74) is 2.13. The molecule has 1 aromatic rings. The molecule has 5 heteroatoms. The molecule has 2 aliphatic rings. The van der Waals surface area contributed by atoms with Crippen LogP contribution in [0.3, 0.4) is 0 Å². The van der Waals surface area contributed by atoms with Gasteiger partial charge in [-0.25, -0.2) is 0 Å². The van der Waals surface area contributed by atoms with Crippen molar-refractivity contribution in [3.05, 3.63) is 23.8 Å². The van der Waals surface area contributed by atoms with Crippen molar-refractivity contribution in [2.75, 3.05) is 37.7 Å². The minimum absolute atomic E-state index is 0.182. The average molecular weight is 318 g/mol. The second-order valence-corrected chi connectivity index (χ2v) is 6.39. The smallest absolute Gasteiger partial charge is 0.227 e. The lowest BCUT2D eigenvalue weighted by Crippen LogP contribution is -2.27. The lowest BCUT2D eigenvalue weighted by molar-refractivity contribution is -0.117. The van der Waals surface area contributed by atoms with E-state index in [2.05, 4.69) is 17.9 Å². The first-order valence-corrected chi connectivity index (χ1v) is 8.64. The standard InChI is InChI=1S/C18H26N2O3/c1-2-14-12-15(20-8-3-4-18(20)22)5-6-17(14)23-11-10-19-9-7-16(21)13-19/h5-6,12,16,21H,2-4,7-11,13H2,1H3/t16-/m0/s1. The molecule has 1 aromatic carbocycles. The number of aryl methyl sites for hydroxylation is 1. The van der Waals surface area contributed by atoms with Gasteiger partial charge >= 0.3 is 0 Å². The average Bonchev–Trinajstić information content (AvgIpc) is 3.16. The Morgan fingerprint density at radius 2 is 2.22 bits per heavy atom. The highest BCUT2D eigenvalue weighted by Crippen LogP contribution is 2.28. The van der Waals surface area contributed by atoms with Crippen LogP contribution in [-0.2, 0) is 11.2 Å². The third-order valence-corrected chi connectivity index (χ3v) is 4.72. The van der Waals surface area contributed by atoms with Crippen LogP contribution in [0.2, 0.25) is 0 Å². The normalized spacial score (nSPS) is 22.1. The molecule has 2 aliphatic heterocycles. The Labute approximate surface area is 137 Å². The van der Waals surface area contributed by atoms with Gasteiger partial charge in [-0.3, -0.25) is 9.69 Å². The molecule has 1 amide bonds. The molecule has 0 saturated carbocycles. The Bertz CT molecular complexity index is 561. The van der Waals surface area contributed by atoms with E-state index in [0.29, 0.717) is 13.0 Å². The van der Waals surface area contributed by atoms with Gasteiger partial charge in [0.1, 0.15) is 12.4 Å². The van der Waals surface area contributed by atoms with Crippen molar-refractivity contribution < 1.29 is 14.6 Å². The number of benzene rings is 1. The number of amides is 1. The maximum atomic E-state index is 11.9. The minimum atomic E-state index is -0.182. The summed E-state index contributed by atoms with van der Waals surface area (Å²) < 4.78 is 5.94. The summed E-state index contributed by atoms with van der Waals surface area (Å²) in [5.74, 6) is 1.12. The Hall–Kier alpha value is -1.59. The van der Waals surface area contributed by atoms with Crippen LogP contribution < -0.4 is 9.64 Å². The van der Waals surface area contributed by atoms with E-state index in [4.69, 9.17) is 4.74 Å². The fourth-order valence-electron chi connectivity index (χ4n) is 3.37. The Balaban J connectivity index is 1.59. The predicted octanol–water partition coefficient (Wildman–Crippen LogP) is 1.82. The highest BCUT2D eigenvalue weighted by molar-refractivity contribution is 5.95. The second-order valence-electron chi connectivity index (χ2n) is 6.39. The predicted molar refractivity (Wildman–Crippen MR) is 90.0 cm³/mol. The van der Waals surface area contributed by atoms with Crippen LogP contribution >= 0.6 is 0 Å². The number of β-amino-alcohol motifs (C(OH)–C–C–N with tert-alkyl or cyclic N) is 1. The van der Waals surface area contributed by atoms with Crippen molar-refractivity contribution in [1.29, 1.82) is 0 Å². The van der Waals surface area contributed by atoms with E-state index in [-0.39, 0.29) is 12.0 Å². The molecule has 0 unspecified atom stereocenters. The van der Waals surface area contributed by atoms with Gasteiger partial charge in [0.05, 0.1) is 6.10 Å². The number of carbonyl (C=O) groups is 1. The van der Waals surface area contributed by atoms with Crippen LogP contribution in [0.15, 0.2) is 18.2 Å². The van der Waals surface area contributed by atoms with Gasteiger partial charge in [-0.1, -0.05) is 6.92 Å². The summed E-state index contributed by atoms with van der Waals surface area (Å²) in [6, 6.07) is 6.05. The van der Waals surface area contributed by atoms with Crippen LogP contribution in [0.25, 0.3) is 0 Å². The van der Waals surface area contributed by atoms with Gasteiger partial charge < -0.3 is 14.7 Å². The van der Waals surface area contributed by atoms with Crippen LogP contribution in [0, 0.1) is 0 Å². The SMILES string of the molecule is CCc1cc(N2CCCC2=O)ccc1OCCN1CC[C@H](O)C1. The maximum Gasteiger partial charge on any atom is 0.227 e. The molecule has 5 nitrogen and oxygen atoms in total. The Morgan fingerprint density at radius 1 is 1.35 bits per heavy atom. The van der Waals surface area contributed by atoms with E-state index in [0.717, 1.165) is 62.4 Å². The molecule has 0 bridgehead atoms. The van der Waals surface area contributed by atoms with E-state index in [1.165, 1.54) is 0 Å². The number of carbonyl (C=O) groups excluding carboxylic acids is 1. The number of anilines is 1. The number of ether oxygens (including phenoxy) is 1. The van der Waals surface area contributed by atoms with Crippen LogP contribution in [0.4, 0.5) is 5.69 Å². The lowest BCUT2D eigenvalue weighted by atomic mass is 10.1. The van der Waals surface area contributed by atoms with Gasteiger partial charge in [-0.15, -0.1) is 0 Å². The van der Waals surface area contributed by atoms with Crippen molar-refractivity contribution in [3.8, 4) is 5.75 Å². The number of hydrogen-bond donors (Lipinski definition) is 1. The zero-order chi connectivity index (χ0) is 16.2. The molecule has 1 N–H and O–H groups in total. The quantitative estimate of drug-likeness (QED) is 0.869. The molecular formula is C18H26N2O3. The number of rotatable bonds is 6. The monoisotopic (exact) mass is 318 g/mol. The summed E-state index contributed by atoms with van der Waals surface area (Å²) in [6.07, 6.45) is 3.16. The third-order valence-electron chi connectivity index (χ3n) is 4.72. The molecule has 1 atom stereocenters. The number of likely N-dealkylation sites (tertiary alicyclic amines) is 1. The molecule has 23 heavy (non-hydrogen) atoms. The van der Waals surface area contributed by atoms with Crippen LogP contribution in [0.1, 0.15) is 31.7 Å². The highest BCUT2D eigenvalue weighted by atomic mass is 16.5. The molecular weight excluding hydrogens is 292 g/mol. The summed E-state index contributed by atoms with van der Waals surface area (Å²) in [4.78, 5) is 16.0. The summed E-state index contributed by atoms with van der Waals surface area (Å²) in [7, 11) is 0. The van der Waals surface area contributed by atoms with Crippen molar-refractivity contribution in [1.82, 2.24) is 4.90 Å². The van der Waals surface area contributed by atoms with E-state index < -0.39 is 0 Å². The second kappa shape index (κ2) is 7.32. The van der Waals surface area contributed by atoms with Crippen LogP contribution in [-0.4, -0.2) is 54.8 Å². The van der Waals surface area contributed by atoms with E-state index in [1.54, 1.807) is 0 Å².